The molecule has 0 radical (unpaired) electrons. The summed E-state index contributed by atoms with van der Waals surface area (Å²) < 4.78 is 0. The number of allylic oxidation sites excluding steroid dienone is 4. The van der Waals surface area contributed by atoms with E-state index in [0.29, 0.717) is 24.1 Å². The van der Waals surface area contributed by atoms with Crippen LogP contribution in [0.2, 0.25) is 0 Å². The molecule has 50 valence electrons. The van der Waals surface area contributed by atoms with Gasteiger partial charge in [0.2, 0.25) is 0 Å². The van der Waals surface area contributed by atoms with E-state index in [1.807, 2.05) is 6.07 Å². The number of nitriles is 1. The second-order valence-electron chi connectivity index (χ2n) is 2.05. The molecule has 3 heteroatoms. The summed E-state index contributed by atoms with van der Waals surface area (Å²) in [5, 5.41) is 11.2. The molecule has 1 rings (SSSR count). The van der Waals surface area contributed by atoms with Crippen LogP contribution in [0.1, 0.15) is 12.8 Å². The predicted octanol–water partition coefficient (Wildman–Crippen LogP) is 1.88. The largest absolute Gasteiger partial charge is 0.193 e. The fraction of sp³-hybridized carbons (Fsp3) is 0.286. The highest BCUT2D eigenvalue weighted by molar-refractivity contribution is 5.31. The van der Waals surface area contributed by atoms with Gasteiger partial charge in [0.1, 0.15) is 0 Å². The average Bonchev–Trinajstić information content (AvgIpc) is 2.05. The Morgan fingerprint density at radius 1 is 1.50 bits per heavy atom. The van der Waals surface area contributed by atoms with Crippen molar-refractivity contribution in [2.24, 2.45) is 5.18 Å². The molecule has 0 N–H and O–H groups in total. The quantitative estimate of drug-likeness (QED) is 0.514. The van der Waals surface area contributed by atoms with Crippen LogP contribution in [0.3, 0.4) is 0 Å². The summed E-state index contributed by atoms with van der Waals surface area (Å²) in [6.07, 6.45) is 4.48. The SMILES string of the molecule is N#CC1=CC=C(N=O)CC1. The lowest BCUT2D eigenvalue weighted by Crippen LogP contribution is -1.88. The van der Waals surface area contributed by atoms with E-state index in [1.54, 1.807) is 12.2 Å². The maximum atomic E-state index is 9.92. The maximum absolute atomic E-state index is 9.92. The lowest BCUT2D eigenvalue weighted by molar-refractivity contribution is 0.912. The summed E-state index contributed by atoms with van der Waals surface area (Å²) in [5.74, 6) is 0. The summed E-state index contributed by atoms with van der Waals surface area (Å²) >= 11 is 0. The Morgan fingerprint density at radius 2 is 2.30 bits per heavy atom. The van der Waals surface area contributed by atoms with Crippen molar-refractivity contribution in [1.82, 2.24) is 0 Å². The van der Waals surface area contributed by atoms with E-state index in [4.69, 9.17) is 5.26 Å². The number of rotatable bonds is 1. The molecule has 0 aromatic rings. The highest BCUT2D eigenvalue weighted by atomic mass is 16.3. The summed E-state index contributed by atoms with van der Waals surface area (Å²) in [4.78, 5) is 9.92. The van der Waals surface area contributed by atoms with Crippen LogP contribution in [0.5, 0.6) is 0 Å². The summed E-state index contributed by atoms with van der Waals surface area (Å²) in [5.41, 5.74) is 1.24. The Balaban J connectivity index is 2.76. The molecule has 0 bridgehead atoms. The van der Waals surface area contributed by atoms with Gasteiger partial charge in [-0.1, -0.05) is 0 Å². The van der Waals surface area contributed by atoms with E-state index in [-0.39, 0.29) is 0 Å². The number of nitrogens with zero attached hydrogens (tertiary/aromatic N) is 2. The fourth-order valence-electron chi connectivity index (χ4n) is 0.795. The highest BCUT2D eigenvalue weighted by Gasteiger charge is 2.04. The molecule has 1 aliphatic rings. The Labute approximate surface area is 58.6 Å². The third-order valence-electron chi connectivity index (χ3n) is 1.39. The number of hydrogen-bond acceptors (Lipinski definition) is 3. The standard InChI is InChI=1S/C7H6N2O/c8-5-6-1-3-7(9-10)4-2-6/h1,3H,2,4H2. The zero-order chi connectivity index (χ0) is 7.40. The van der Waals surface area contributed by atoms with Gasteiger partial charge in [-0.2, -0.15) is 5.26 Å². The van der Waals surface area contributed by atoms with Crippen LogP contribution >= 0.6 is 0 Å². The molecule has 0 saturated carbocycles. The molecule has 0 unspecified atom stereocenters. The lowest BCUT2D eigenvalue weighted by atomic mass is 10.0. The first-order valence-electron chi connectivity index (χ1n) is 3.00. The van der Waals surface area contributed by atoms with Crippen molar-refractivity contribution < 1.29 is 0 Å². The Kier molecular flexibility index (Phi) is 1.96. The van der Waals surface area contributed by atoms with E-state index in [0.717, 1.165) is 0 Å². The average molecular weight is 134 g/mol. The van der Waals surface area contributed by atoms with Crippen molar-refractivity contribution >= 4 is 0 Å². The van der Waals surface area contributed by atoms with Crippen LogP contribution in [0, 0.1) is 16.2 Å². The van der Waals surface area contributed by atoms with Gasteiger partial charge in [-0.15, -0.1) is 4.91 Å². The molecule has 0 aromatic carbocycles. The molecular weight excluding hydrogens is 128 g/mol. The van der Waals surface area contributed by atoms with Crippen molar-refractivity contribution in [2.45, 2.75) is 12.8 Å². The molecule has 0 aliphatic heterocycles. The van der Waals surface area contributed by atoms with Crippen LogP contribution in [-0.2, 0) is 0 Å². The molecule has 0 saturated heterocycles. The van der Waals surface area contributed by atoms with Crippen molar-refractivity contribution in [2.75, 3.05) is 0 Å². The Bertz CT molecular complexity index is 245. The fourth-order valence-corrected chi connectivity index (χ4v) is 0.795. The molecule has 1 aliphatic carbocycles. The molecule has 10 heavy (non-hydrogen) atoms. The van der Waals surface area contributed by atoms with Crippen LogP contribution in [-0.4, -0.2) is 0 Å². The minimum Gasteiger partial charge on any atom is -0.193 e. The first-order chi connectivity index (χ1) is 4.86. The van der Waals surface area contributed by atoms with Gasteiger partial charge in [0.05, 0.1) is 11.8 Å². The van der Waals surface area contributed by atoms with Gasteiger partial charge in [0.15, 0.2) is 0 Å². The molecule has 0 fully saturated rings. The summed E-state index contributed by atoms with van der Waals surface area (Å²) in [6.45, 7) is 0. The summed E-state index contributed by atoms with van der Waals surface area (Å²) in [6, 6.07) is 2.02. The highest BCUT2D eigenvalue weighted by Crippen LogP contribution is 2.17. The van der Waals surface area contributed by atoms with Crippen LogP contribution in [0.4, 0.5) is 0 Å². The van der Waals surface area contributed by atoms with Gasteiger partial charge in [-0.25, -0.2) is 0 Å². The van der Waals surface area contributed by atoms with Gasteiger partial charge >= 0.3 is 0 Å². The normalized spacial score (nSPS) is 16.7. The Hall–Kier alpha value is -1.43. The van der Waals surface area contributed by atoms with Gasteiger partial charge < -0.3 is 0 Å². The van der Waals surface area contributed by atoms with Crippen molar-refractivity contribution in [1.29, 1.82) is 5.26 Å². The van der Waals surface area contributed by atoms with Crippen molar-refractivity contribution in [3.63, 3.8) is 0 Å². The molecule has 3 nitrogen and oxygen atoms in total. The van der Waals surface area contributed by atoms with E-state index >= 15 is 0 Å². The molecular formula is C7H6N2O. The van der Waals surface area contributed by atoms with Crippen LogP contribution in [0.25, 0.3) is 0 Å². The predicted molar refractivity (Wildman–Crippen MR) is 36.8 cm³/mol. The maximum Gasteiger partial charge on any atom is 0.0947 e. The van der Waals surface area contributed by atoms with E-state index in [2.05, 4.69) is 5.18 Å². The first kappa shape index (κ1) is 6.69. The van der Waals surface area contributed by atoms with E-state index < -0.39 is 0 Å². The molecule has 0 amide bonds. The first-order valence-corrected chi connectivity index (χ1v) is 3.00. The molecule has 0 spiro atoms. The smallest absolute Gasteiger partial charge is 0.0947 e. The van der Waals surface area contributed by atoms with Gasteiger partial charge in [-0.3, -0.25) is 0 Å². The zero-order valence-electron chi connectivity index (χ0n) is 5.37. The van der Waals surface area contributed by atoms with Crippen molar-refractivity contribution in [3.8, 4) is 6.07 Å². The molecule has 0 atom stereocenters. The minimum absolute atomic E-state index is 0.527. The topological polar surface area (TPSA) is 53.2 Å². The summed E-state index contributed by atoms with van der Waals surface area (Å²) in [7, 11) is 0. The lowest BCUT2D eigenvalue weighted by Gasteiger charge is -2.01. The van der Waals surface area contributed by atoms with E-state index in [1.165, 1.54) is 0 Å². The van der Waals surface area contributed by atoms with Crippen LogP contribution < -0.4 is 0 Å². The van der Waals surface area contributed by atoms with Crippen LogP contribution in [0.15, 0.2) is 28.6 Å². The number of nitroso groups, excluding NO2 is 1. The number of hydrogen-bond donors (Lipinski definition) is 0. The second-order valence-corrected chi connectivity index (χ2v) is 2.05. The second kappa shape index (κ2) is 2.92. The Morgan fingerprint density at radius 3 is 2.70 bits per heavy atom. The van der Waals surface area contributed by atoms with Gasteiger partial charge in [0.25, 0.3) is 0 Å². The zero-order valence-corrected chi connectivity index (χ0v) is 5.37. The van der Waals surface area contributed by atoms with Crippen molar-refractivity contribution in [3.05, 3.63) is 28.3 Å². The van der Waals surface area contributed by atoms with Gasteiger partial charge in [-0.05, 0) is 30.2 Å². The minimum atomic E-state index is 0.527. The van der Waals surface area contributed by atoms with Gasteiger partial charge in [0, 0.05) is 5.57 Å². The third-order valence-corrected chi connectivity index (χ3v) is 1.39. The molecule has 0 aromatic heterocycles. The molecule has 0 heterocycles. The third kappa shape index (κ3) is 1.29. The van der Waals surface area contributed by atoms with E-state index in [9.17, 15) is 4.91 Å². The monoisotopic (exact) mass is 134 g/mol.